The minimum absolute atomic E-state index is 0.0511. The van der Waals surface area contributed by atoms with Crippen LogP contribution in [0.3, 0.4) is 0 Å². The van der Waals surface area contributed by atoms with Crippen LogP contribution in [0.1, 0.15) is 38.4 Å². The van der Waals surface area contributed by atoms with Crippen LogP contribution >= 0.6 is 11.8 Å². The molecule has 0 bridgehead atoms. The maximum Gasteiger partial charge on any atom is 0.237 e. The average Bonchev–Trinajstić information content (AvgIpc) is 3.55. The number of benzene rings is 2. The molecule has 2 aromatic carbocycles. The van der Waals surface area contributed by atoms with Gasteiger partial charge in [-0.15, -0.1) is 0 Å². The molecular formula is C22H23N3O2S. The van der Waals surface area contributed by atoms with E-state index in [-0.39, 0.29) is 11.2 Å². The van der Waals surface area contributed by atoms with E-state index in [0.29, 0.717) is 12.5 Å². The van der Waals surface area contributed by atoms with Gasteiger partial charge in [0.15, 0.2) is 0 Å². The molecule has 1 heterocycles. The minimum atomic E-state index is -0.281. The number of anilines is 1. The molecule has 1 fully saturated rings. The van der Waals surface area contributed by atoms with Gasteiger partial charge in [-0.1, -0.05) is 30.0 Å². The quantitative estimate of drug-likeness (QED) is 0.451. The first-order valence-electron chi connectivity index (χ1n) is 9.61. The zero-order valence-electron chi connectivity index (χ0n) is 16.0. The molecule has 0 spiro atoms. The Kier molecular flexibility index (Phi) is 5.48. The van der Waals surface area contributed by atoms with Crippen LogP contribution in [0.5, 0.6) is 5.75 Å². The highest BCUT2D eigenvalue weighted by Crippen LogP contribution is 2.40. The SMILES string of the molecule is CCOc1ccc(NC(=O)C(C)Sc2nc(C3CC3)nc3ccccc23)cc1. The Hall–Kier alpha value is -2.60. The molecule has 1 aliphatic rings. The number of nitrogens with zero attached hydrogens (tertiary/aromatic N) is 2. The van der Waals surface area contributed by atoms with Crippen LogP contribution in [0, 0.1) is 0 Å². The molecule has 3 aromatic rings. The maximum absolute atomic E-state index is 12.7. The van der Waals surface area contributed by atoms with Crippen molar-refractivity contribution in [3.05, 3.63) is 54.4 Å². The topological polar surface area (TPSA) is 64.1 Å². The number of amides is 1. The molecule has 0 radical (unpaired) electrons. The third-order valence-electron chi connectivity index (χ3n) is 4.62. The van der Waals surface area contributed by atoms with E-state index in [1.54, 1.807) is 0 Å². The number of carbonyl (C=O) groups is 1. The molecule has 1 amide bonds. The number of thioether (sulfide) groups is 1. The fourth-order valence-electron chi connectivity index (χ4n) is 2.94. The van der Waals surface area contributed by atoms with Gasteiger partial charge in [0.1, 0.15) is 16.6 Å². The minimum Gasteiger partial charge on any atom is -0.494 e. The monoisotopic (exact) mass is 393 g/mol. The van der Waals surface area contributed by atoms with Crippen molar-refractivity contribution in [2.24, 2.45) is 0 Å². The Balaban J connectivity index is 1.49. The lowest BCUT2D eigenvalue weighted by molar-refractivity contribution is -0.115. The van der Waals surface area contributed by atoms with Gasteiger partial charge in [-0.3, -0.25) is 4.79 Å². The van der Waals surface area contributed by atoms with Crippen LogP contribution in [-0.4, -0.2) is 27.7 Å². The summed E-state index contributed by atoms with van der Waals surface area (Å²) in [6, 6.07) is 15.4. The number of ether oxygens (including phenoxy) is 1. The summed E-state index contributed by atoms with van der Waals surface area (Å²) in [4.78, 5) is 22.2. The van der Waals surface area contributed by atoms with Gasteiger partial charge < -0.3 is 10.1 Å². The summed E-state index contributed by atoms with van der Waals surface area (Å²) in [5.41, 5.74) is 1.70. The molecule has 1 aliphatic carbocycles. The third kappa shape index (κ3) is 4.28. The van der Waals surface area contributed by atoms with Crippen molar-refractivity contribution >= 4 is 34.3 Å². The van der Waals surface area contributed by atoms with Gasteiger partial charge in [0.05, 0.1) is 17.4 Å². The first-order chi connectivity index (χ1) is 13.6. The molecule has 4 rings (SSSR count). The number of hydrogen-bond donors (Lipinski definition) is 1. The summed E-state index contributed by atoms with van der Waals surface area (Å²) in [6.45, 7) is 4.47. The second-order valence-corrected chi connectivity index (χ2v) is 8.21. The van der Waals surface area contributed by atoms with Crippen LogP contribution in [0.25, 0.3) is 10.9 Å². The van der Waals surface area contributed by atoms with E-state index in [1.165, 1.54) is 11.8 Å². The molecule has 1 atom stereocenters. The van der Waals surface area contributed by atoms with E-state index >= 15 is 0 Å². The van der Waals surface area contributed by atoms with Gasteiger partial charge in [-0.25, -0.2) is 9.97 Å². The zero-order valence-corrected chi connectivity index (χ0v) is 16.8. The molecule has 1 N–H and O–H groups in total. The van der Waals surface area contributed by atoms with Crippen molar-refractivity contribution in [3.63, 3.8) is 0 Å². The van der Waals surface area contributed by atoms with Crippen LogP contribution in [0.2, 0.25) is 0 Å². The van der Waals surface area contributed by atoms with E-state index < -0.39 is 0 Å². The van der Waals surface area contributed by atoms with Crippen LogP contribution in [0.15, 0.2) is 53.6 Å². The Morgan fingerprint density at radius 3 is 2.64 bits per heavy atom. The van der Waals surface area contributed by atoms with Gasteiger partial charge in [0.2, 0.25) is 5.91 Å². The predicted molar refractivity (Wildman–Crippen MR) is 113 cm³/mol. The number of aromatic nitrogens is 2. The van der Waals surface area contributed by atoms with Crippen molar-refractivity contribution < 1.29 is 9.53 Å². The van der Waals surface area contributed by atoms with E-state index in [0.717, 1.165) is 46.0 Å². The second kappa shape index (κ2) is 8.19. The smallest absolute Gasteiger partial charge is 0.237 e. The molecule has 1 saturated carbocycles. The number of rotatable bonds is 7. The number of para-hydroxylation sites is 1. The van der Waals surface area contributed by atoms with E-state index in [1.807, 2.05) is 62.4 Å². The van der Waals surface area contributed by atoms with Crippen molar-refractivity contribution in [1.29, 1.82) is 0 Å². The highest BCUT2D eigenvalue weighted by atomic mass is 32.2. The molecule has 5 nitrogen and oxygen atoms in total. The first-order valence-corrected chi connectivity index (χ1v) is 10.5. The highest BCUT2D eigenvalue weighted by Gasteiger charge is 2.28. The summed E-state index contributed by atoms with van der Waals surface area (Å²) in [5, 5.41) is 4.56. The molecule has 1 unspecified atom stereocenters. The summed E-state index contributed by atoms with van der Waals surface area (Å²) >= 11 is 1.48. The maximum atomic E-state index is 12.7. The summed E-state index contributed by atoms with van der Waals surface area (Å²) < 4.78 is 5.44. The van der Waals surface area contributed by atoms with Crippen LogP contribution < -0.4 is 10.1 Å². The molecule has 0 saturated heterocycles. The average molecular weight is 394 g/mol. The van der Waals surface area contributed by atoms with Gasteiger partial charge in [-0.2, -0.15) is 0 Å². The first kappa shape index (κ1) is 18.7. The standard InChI is InChI=1S/C22H23N3O2S/c1-3-27-17-12-10-16(11-13-17)23-21(26)14(2)28-22-18-6-4-5-7-19(18)24-20(25-22)15-8-9-15/h4-7,10-15H,3,8-9H2,1-2H3,(H,23,26). The Labute approximate surface area is 168 Å². The molecule has 28 heavy (non-hydrogen) atoms. The van der Waals surface area contributed by atoms with E-state index in [4.69, 9.17) is 14.7 Å². The number of nitrogens with one attached hydrogen (secondary N) is 1. The van der Waals surface area contributed by atoms with Crippen LogP contribution in [0.4, 0.5) is 5.69 Å². The number of carbonyl (C=O) groups excluding carboxylic acids is 1. The lowest BCUT2D eigenvalue weighted by atomic mass is 10.2. The summed E-state index contributed by atoms with van der Waals surface area (Å²) in [7, 11) is 0. The number of fused-ring (bicyclic) bond motifs is 1. The van der Waals surface area contributed by atoms with Crippen molar-refractivity contribution in [3.8, 4) is 5.75 Å². The highest BCUT2D eigenvalue weighted by molar-refractivity contribution is 8.00. The van der Waals surface area contributed by atoms with Crippen molar-refractivity contribution in [2.45, 2.75) is 42.9 Å². The Morgan fingerprint density at radius 2 is 1.93 bits per heavy atom. The van der Waals surface area contributed by atoms with Gasteiger partial charge in [0, 0.05) is 17.0 Å². The molecular weight excluding hydrogens is 370 g/mol. The van der Waals surface area contributed by atoms with Gasteiger partial charge in [-0.05, 0) is 57.0 Å². The number of hydrogen-bond acceptors (Lipinski definition) is 5. The lowest BCUT2D eigenvalue weighted by Crippen LogP contribution is -2.22. The largest absolute Gasteiger partial charge is 0.494 e. The van der Waals surface area contributed by atoms with Gasteiger partial charge in [0.25, 0.3) is 0 Å². The Bertz CT molecular complexity index is 987. The molecule has 0 aliphatic heterocycles. The van der Waals surface area contributed by atoms with Gasteiger partial charge >= 0.3 is 0 Å². The van der Waals surface area contributed by atoms with E-state index in [9.17, 15) is 4.79 Å². The van der Waals surface area contributed by atoms with Crippen molar-refractivity contribution in [2.75, 3.05) is 11.9 Å². The normalized spacial score (nSPS) is 14.6. The third-order valence-corrected chi connectivity index (χ3v) is 5.72. The van der Waals surface area contributed by atoms with Crippen LogP contribution in [-0.2, 0) is 4.79 Å². The summed E-state index contributed by atoms with van der Waals surface area (Å²) in [6.07, 6.45) is 2.30. The zero-order chi connectivity index (χ0) is 19.5. The predicted octanol–water partition coefficient (Wildman–Crippen LogP) is 5.03. The fourth-order valence-corrected chi connectivity index (χ4v) is 3.89. The fraction of sp³-hybridized carbons (Fsp3) is 0.318. The lowest BCUT2D eigenvalue weighted by Gasteiger charge is -2.14. The molecule has 1 aromatic heterocycles. The second-order valence-electron chi connectivity index (χ2n) is 6.89. The summed E-state index contributed by atoms with van der Waals surface area (Å²) in [5.74, 6) is 2.12. The van der Waals surface area contributed by atoms with E-state index in [2.05, 4.69) is 5.32 Å². The molecule has 6 heteroatoms. The van der Waals surface area contributed by atoms with Crippen molar-refractivity contribution in [1.82, 2.24) is 9.97 Å². The Morgan fingerprint density at radius 1 is 1.18 bits per heavy atom. The molecule has 144 valence electrons.